The summed E-state index contributed by atoms with van der Waals surface area (Å²) in [6.45, 7) is 12.8. The van der Waals surface area contributed by atoms with Gasteiger partial charge in [-0.05, 0) is 52.9 Å². The Hall–Kier alpha value is -0.840. The molecule has 0 bridgehead atoms. The number of likely N-dealkylation sites (N-methyl/N-ethyl adjacent to an activating group) is 1. The van der Waals surface area contributed by atoms with Crippen molar-refractivity contribution in [1.29, 1.82) is 0 Å². The van der Waals surface area contributed by atoms with Gasteiger partial charge in [-0.15, -0.1) is 0 Å². The molecule has 4 heteroatoms. The molecule has 1 aromatic rings. The number of rotatable bonds is 5. The molecule has 120 valence electrons. The van der Waals surface area contributed by atoms with Gasteiger partial charge in [0.15, 0.2) is 0 Å². The van der Waals surface area contributed by atoms with Gasteiger partial charge in [0, 0.05) is 24.7 Å². The molecular weight excluding hydrogens is 262 g/mol. The minimum atomic E-state index is 0.121. The first kappa shape index (κ1) is 16.5. The topological polar surface area (TPSA) is 31.6 Å². The van der Waals surface area contributed by atoms with Crippen LogP contribution in [-0.4, -0.2) is 48.6 Å². The second-order valence-electron chi connectivity index (χ2n) is 7.67. The quantitative estimate of drug-likeness (QED) is 0.904. The van der Waals surface area contributed by atoms with Crippen LogP contribution in [-0.2, 0) is 13.1 Å². The molecule has 0 aromatic carbocycles. The molecule has 2 atom stereocenters. The van der Waals surface area contributed by atoms with Crippen LogP contribution in [0.4, 0.5) is 0 Å². The summed E-state index contributed by atoms with van der Waals surface area (Å²) < 4.78 is 5.95. The standard InChI is InChI=1S/C17H31N3O/c1-13-10-20(12-16(13)19(5)6)11-15-8-7-14(21-15)9-18-17(2,3)4/h7-8,13,16,18H,9-12H2,1-6H3. The average molecular weight is 293 g/mol. The Morgan fingerprint density at radius 3 is 2.48 bits per heavy atom. The SMILES string of the molecule is CC1CN(Cc2ccc(CNC(C)(C)C)o2)CC1N(C)C. The van der Waals surface area contributed by atoms with Crippen LogP contribution in [0, 0.1) is 5.92 Å². The lowest BCUT2D eigenvalue weighted by Crippen LogP contribution is -2.34. The number of nitrogens with zero attached hydrogens (tertiary/aromatic N) is 2. The molecule has 2 heterocycles. The van der Waals surface area contributed by atoms with Crippen molar-refractivity contribution in [1.82, 2.24) is 15.1 Å². The minimum Gasteiger partial charge on any atom is -0.463 e. The molecule has 1 fully saturated rings. The highest BCUT2D eigenvalue weighted by Crippen LogP contribution is 2.22. The third-order valence-corrected chi connectivity index (χ3v) is 4.20. The Kier molecular flexibility index (Phi) is 5.12. The zero-order valence-corrected chi connectivity index (χ0v) is 14.4. The van der Waals surface area contributed by atoms with E-state index in [2.05, 4.69) is 69.0 Å². The van der Waals surface area contributed by atoms with Crippen LogP contribution in [0.1, 0.15) is 39.2 Å². The highest BCUT2D eigenvalue weighted by Gasteiger charge is 2.31. The molecule has 1 aliphatic rings. The first-order valence-corrected chi connectivity index (χ1v) is 7.96. The van der Waals surface area contributed by atoms with E-state index in [-0.39, 0.29) is 5.54 Å². The van der Waals surface area contributed by atoms with Crippen LogP contribution < -0.4 is 5.32 Å². The highest BCUT2D eigenvalue weighted by atomic mass is 16.3. The van der Waals surface area contributed by atoms with Gasteiger partial charge >= 0.3 is 0 Å². The molecule has 1 N–H and O–H groups in total. The van der Waals surface area contributed by atoms with Gasteiger partial charge in [0.25, 0.3) is 0 Å². The van der Waals surface area contributed by atoms with E-state index in [9.17, 15) is 0 Å². The number of likely N-dealkylation sites (tertiary alicyclic amines) is 1. The highest BCUT2D eigenvalue weighted by molar-refractivity contribution is 5.08. The summed E-state index contributed by atoms with van der Waals surface area (Å²) in [5, 5.41) is 3.46. The van der Waals surface area contributed by atoms with E-state index in [0.717, 1.165) is 43.6 Å². The van der Waals surface area contributed by atoms with Gasteiger partial charge < -0.3 is 14.6 Å². The third-order valence-electron chi connectivity index (χ3n) is 4.20. The minimum absolute atomic E-state index is 0.121. The lowest BCUT2D eigenvalue weighted by Gasteiger charge is -2.22. The molecule has 1 saturated heterocycles. The zero-order valence-electron chi connectivity index (χ0n) is 14.4. The Morgan fingerprint density at radius 1 is 1.24 bits per heavy atom. The van der Waals surface area contributed by atoms with Crippen molar-refractivity contribution in [2.45, 2.75) is 52.4 Å². The molecular formula is C17H31N3O. The van der Waals surface area contributed by atoms with Crippen molar-refractivity contribution >= 4 is 0 Å². The van der Waals surface area contributed by atoms with Crippen LogP contribution in [0.2, 0.25) is 0 Å². The molecule has 21 heavy (non-hydrogen) atoms. The smallest absolute Gasteiger partial charge is 0.118 e. The molecule has 0 radical (unpaired) electrons. The lowest BCUT2D eigenvalue weighted by molar-refractivity contribution is 0.242. The van der Waals surface area contributed by atoms with Gasteiger partial charge in [-0.2, -0.15) is 0 Å². The van der Waals surface area contributed by atoms with Crippen molar-refractivity contribution in [3.05, 3.63) is 23.7 Å². The van der Waals surface area contributed by atoms with E-state index in [1.54, 1.807) is 0 Å². The van der Waals surface area contributed by atoms with E-state index in [1.165, 1.54) is 0 Å². The first-order chi connectivity index (χ1) is 9.74. The van der Waals surface area contributed by atoms with Crippen LogP contribution >= 0.6 is 0 Å². The second kappa shape index (κ2) is 6.51. The summed E-state index contributed by atoms with van der Waals surface area (Å²) in [4.78, 5) is 4.83. The molecule has 1 aliphatic heterocycles. The van der Waals surface area contributed by atoms with E-state index < -0.39 is 0 Å². The summed E-state index contributed by atoms with van der Waals surface area (Å²) in [6.07, 6.45) is 0. The van der Waals surface area contributed by atoms with Crippen LogP contribution in [0.15, 0.2) is 16.5 Å². The number of hydrogen-bond acceptors (Lipinski definition) is 4. The van der Waals surface area contributed by atoms with Gasteiger partial charge in [0.05, 0.1) is 13.1 Å². The number of furan rings is 1. The molecule has 0 aliphatic carbocycles. The molecule has 2 unspecified atom stereocenters. The monoisotopic (exact) mass is 293 g/mol. The summed E-state index contributed by atoms with van der Waals surface area (Å²) in [6, 6.07) is 4.87. The van der Waals surface area contributed by atoms with Crippen molar-refractivity contribution < 1.29 is 4.42 Å². The summed E-state index contributed by atoms with van der Waals surface area (Å²) in [5.74, 6) is 2.82. The fourth-order valence-electron chi connectivity index (χ4n) is 3.02. The van der Waals surface area contributed by atoms with Gasteiger partial charge in [-0.1, -0.05) is 6.92 Å². The average Bonchev–Trinajstić information content (AvgIpc) is 2.93. The van der Waals surface area contributed by atoms with Gasteiger partial charge in [0.2, 0.25) is 0 Å². The summed E-state index contributed by atoms with van der Waals surface area (Å²) in [7, 11) is 4.35. The molecule has 1 aromatic heterocycles. The summed E-state index contributed by atoms with van der Waals surface area (Å²) >= 11 is 0. The Balaban J connectivity index is 1.86. The zero-order chi connectivity index (χ0) is 15.6. The molecule has 0 amide bonds. The van der Waals surface area contributed by atoms with Crippen molar-refractivity contribution in [3.63, 3.8) is 0 Å². The Morgan fingerprint density at radius 2 is 1.90 bits per heavy atom. The van der Waals surface area contributed by atoms with E-state index in [1.807, 2.05) is 0 Å². The van der Waals surface area contributed by atoms with Crippen molar-refractivity contribution in [2.75, 3.05) is 27.2 Å². The first-order valence-electron chi connectivity index (χ1n) is 7.96. The van der Waals surface area contributed by atoms with E-state index in [0.29, 0.717) is 6.04 Å². The molecule has 4 nitrogen and oxygen atoms in total. The van der Waals surface area contributed by atoms with Gasteiger partial charge in [0.1, 0.15) is 11.5 Å². The fourth-order valence-corrected chi connectivity index (χ4v) is 3.02. The van der Waals surface area contributed by atoms with Crippen LogP contribution in [0.25, 0.3) is 0 Å². The summed E-state index contributed by atoms with van der Waals surface area (Å²) in [5.41, 5.74) is 0.121. The number of hydrogen-bond donors (Lipinski definition) is 1. The normalized spacial score (nSPS) is 24.1. The maximum Gasteiger partial charge on any atom is 0.118 e. The molecule has 0 saturated carbocycles. The van der Waals surface area contributed by atoms with E-state index in [4.69, 9.17) is 4.42 Å². The molecule has 2 rings (SSSR count). The Bertz CT molecular complexity index is 447. The second-order valence-corrected chi connectivity index (χ2v) is 7.67. The van der Waals surface area contributed by atoms with Crippen molar-refractivity contribution in [3.8, 4) is 0 Å². The third kappa shape index (κ3) is 4.83. The maximum absolute atomic E-state index is 5.95. The predicted octanol–water partition coefficient (Wildman–Crippen LogP) is 2.55. The lowest BCUT2D eigenvalue weighted by atomic mass is 10.1. The van der Waals surface area contributed by atoms with Crippen LogP contribution in [0.3, 0.4) is 0 Å². The van der Waals surface area contributed by atoms with Gasteiger partial charge in [-0.25, -0.2) is 0 Å². The Labute approximate surface area is 129 Å². The predicted molar refractivity (Wildman–Crippen MR) is 87.2 cm³/mol. The van der Waals surface area contributed by atoms with Gasteiger partial charge in [-0.3, -0.25) is 4.90 Å². The van der Waals surface area contributed by atoms with Crippen LogP contribution in [0.5, 0.6) is 0 Å². The number of nitrogens with one attached hydrogen (secondary N) is 1. The maximum atomic E-state index is 5.95. The largest absolute Gasteiger partial charge is 0.463 e. The molecule has 0 spiro atoms. The van der Waals surface area contributed by atoms with Crippen molar-refractivity contribution in [2.24, 2.45) is 5.92 Å². The van der Waals surface area contributed by atoms with E-state index >= 15 is 0 Å². The fraction of sp³-hybridized carbons (Fsp3) is 0.765.